The molecule has 0 saturated carbocycles. The van der Waals surface area contributed by atoms with Crippen LogP contribution in [0.4, 0.5) is 10.5 Å². The summed E-state index contributed by atoms with van der Waals surface area (Å²) >= 11 is 5.84. The average molecular weight is 200 g/mol. The molecule has 0 unspecified atom stereocenters. The molecule has 2 amide bonds. The van der Waals surface area contributed by atoms with Gasteiger partial charge in [-0.1, -0.05) is 17.7 Å². The number of hydrogen-bond acceptors (Lipinski definition) is 2. The predicted molar refractivity (Wildman–Crippen MR) is 52.5 cm³/mol. The fourth-order valence-corrected chi connectivity index (χ4v) is 1.08. The maximum absolute atomic E-state index is 10.9. The van der Waals surface area contributed by atoms with E-state index in [2.05, 4.69) is 5.32 Å². The molecule has 1 aromatic rings. The molecule has 0 radical (unpaired) electrons. The number of carbonyl (C=O) groups excluding carboxylic acids is 1. The van der Waals surface area contributed by atoms with Gasteiger partial charge in [-0.3, -0.25) is 5.43 Å². The third-order valence-corrected chi connectivity index (χ3v) is 2.06. The van der Waals surface area contributed by atoms with E-state index in [1.807, 2.05) is 12.3 Å². The van der Waals surface area contributed by atoms with Crippen LogP contribution in [0.3, 0.4) is 0 Å². The summed E-state index contributed by atoms with van der Waals surface area (Å²) in [7, 11) is 0. The van der Waals surface area contributed by atoms with Crippen LogP contribution >= 0.6 is 11.6 Å². The molecule has 5 heteroatoms. The van der Waals surface area contributed by atoms with Crippen molar-refractivity contribution >= 4 is 23.3 Å². The van der Waals surface area contributed by atoms with Crippen LogP contribution in [0.1, 0.15) is 5.56 Å². The lowest BCUT2D eigenvalue weighted by atomic mass is 10.2. The van der Waals surface area contributed by atoms with Crippen molar-refractivity contribution in [3.63, 3.8) is 0 Å². The van der Waals surface area contributed by atoms with Gasteiger partial charge in [0.1, 0.15) is 0 Å². The first kappa shape index (κ1) is 9.83. The Labute approximate surface area is 81.0 Å². The van der Waals surface area contributed by atoms with Crippen LogP contribution in [-0.4, -0.2) is 6.03 Å². The lowest BCUT2D eigenvalue weighted by Crippen LogP contribution is -2.34. The summed E-state index contributed by atoms with van der Waals surface area (Å²) < 4.78 is 0. The van der Waals surface area contributed by atoms with Crippen LogP contribution in [0.15, 0.2) is 18.2 Å². The van der Waals surface area contributed by atoms with E-state index in [9.17, 15) is 4.79 Å². The number of nitrogens with one attached hydrogen (secondary N) is 2. The fourth-order valence-electron chi connectivity index (χ4n) is 0.901. The number of urea groups is 1. The average Bonchev–Trinajstić information content (AvgIpc) is 2.13. The molecule has 0 atom stereocenters. The van der Waals surface area contributed by atoms with E-state index < -0.39 is 6.03 Å². The molecular weight excluding hydrogens is 190 g/mol. The van der Waals surface area contributed by atoms with Crippen LogP contribution in [0, 0.1) is 6.92 Å². The number of benzene rings is 1. The second-order valence-corrected chi connectivity index (χ2v) is 2.92. The fraction of sp³-hybridized carbons (Fsp3) is 0.125. The zero-order valence-electron chi connectivity index (χ0n) is 7.10. The van der Waals surface area contributed by atoms with Gasteiger partial charge in [0.2, 0.25) is 0 Å². The van der Waals surface area contributed by atoms with E-state index in [0.29, 0.717) is 10.7 Å². The lowest BCUT2D eigenvalue weighted by molar-refractivity contribution is 0.252. The van der Waals surface area contributed by atoms with Crippen LogP contribution < -0.4 is 16.6 Å². The van der Waals surface area contributed by atoms with Crippen molar-refractivity contribution in [2.75, 3.05) is 5.32 Å². The van der Waals surface area contributed by atoms with Crippen molar-refractivity contribution < 1.29 is 4.79 Å². The minimum absolute atomic E-state index is 0.467. The number of amides is 2. The number of hydrazine groups is 1. The van der Waals surface area contributed by atoms with E-state index in [1.165, 1.54) is 0 Å². The molecule has 0 spiro atoms. The summed E-state index contributed by atoms with van der Waals surface area (Å²) in [6, 6.07) is 4.78. The van der Waals surface area contributed by atoms with Gasteiger partial charge < -0.3 is 5.32 Å². The van der Waals surface area contributed by atoms with Crippen molar-refractivity contribution in [2.45, 2.75) is 6.92 Å². The molecule has 0 heterocycles. The number of rotatable bonds is 1. The molecule has 1 aromatic carbocycles. The molecule has 0 aromatic heterocycles. The third-order valence-electron chi connectivity index (χ3n) is 1.65. The molecule has 4 nitrogen and oxygen atoms in total. The Morgan fingerprint density at radius 3 is 2.85 bits per heavy atom. The van der Waals surface area contributed by atoms with Gasteiger partial charge in [0.05, 0.1) is 0 Å². The van der Waals surface area contributed by atoms with Crippen molar-refractivity contribution in [3.8, 4) is 0 Å². The first-order chi connectivity index (χ1) is 6.15. The number of hydrogen-bond donors (Lipinski definition) is 3. The van der Waals surface area contributed by atoms with Crippen LogP contribution in [-0.2, 0) is 0 Å². The molecule has 0 aliphatic heterocycles. The van der Waals surface area contributed by atoms with Gasteiger partial charge in [0.15, 0.2) is 0 Å². The summed E-state index contributed by atoms with van der Waals surface area (Å²) in [6.45, 7) is 1.81. The Hall–Kier alpha value is -1.26. The highest BCUT2D eigenvalue weighted by atomic mass is 35.5. The van der Waals surface area contributed by atoms with Crippen LogP contribution in [0.2, 0.25) is 5.02 Å². The molecule has 0 fully saturated rings. The van der Waals surface area contributed by atoms with E-state index in [-0.39, 0.29) is 0 Å². The zero-order chi connectivity index (χ0) is 9.84. The van der Waals surface area contributed by atoms with E-state index in [1.54, 1.807) is 18.2 Å². The highest BCUT2D eigenvalue weighted by Crippen LogP contribution is 2.22. The van der Waals surface area contributed by atoms with Crippen molar-refractivity contribution in [1.29, 1.82) is 0 Å². The number of nitrogens with two attached hydrogens (primary N) is 1. The van der Waals surface area contributed by atoms with Gasteiger partial charge in [-0.25, -0.2) is 10.6 Å². The predicted octanol–water partition coefficient (Wildman–Crippen LogP) is 1.64. The van der Waals surface area contributed by atoms with Gasteiger partial charge >= 0.3 is 6.03 Å². The topological polar surface area (TPSA) is 67.2 Å². The third kappa shape index (κ3) is 2.34. The molecule has 0 aliphatic rings. The minimum atomic E-state index is -0.467. The zero-order valence-corrected chi connectivity index (χ0v) is 7.85. The highest BCUT2D eigenvalue weighted by molar-refractivity contribution is 6.31. The lowest BCUT2D eigenvalue weighted by Gasteiger charge is -2.08. The van der Waals surface area contributed by atoms with Crippen molar-refractivity contribution in [1.82, 2.24) is 5.43 Å². The maximum Gasteiger partial charge on any atom is 0.333 e. The Morgan fingerprint density at radius 2 is 2.23 bits per heavy atom. The summed E-state index contributed by atoms with van der Waals surface area (Å²) in [6.07, 6.45) is 0. The molecule has 0 aliphatic carbocycles. The Morgan fingerprint density at radius 1 is 1.54 bits per heavy atom. The summed E-state index contributed by atoms with van der Waals surface area (Å²) in [5.74, 6) is 4.91. The van der Waals surface area contributed by atoms with Gasteiger partial charge in [0, 0.05) is 10.7 Å². The number of carbonyl (C=O) groups is 1. The van der Waals surface area contributed by atoms with Crippen LogP contribution in [0.5, 0.6) is 0 Å². The SMILES string of the molecule is Cc1c(Cl)cccc1NC(=O)NN. The van der Waals surface area contributed by atoms with E-state index in [4.69, 9.17) is 17.4 Å². The maximum atomic E-state index is 10.9. The Balaban J connectivity index is 2.89. The van der Waals surface area contributed by atoms with Crippen LogP contribution in [0.25, 0.3) is 0 Å². The highest BCUT2D eigenvalue weighted by Gasteiger charge is 2.04. The van der Waals surface area contributed by atoms with Crippen molar-refractivity contribution in [3.05, 3.63) is 28.8 Å². The first-order valence-corrected chi connectivity index (χ1v) is 4.05. The smallest absolute Gasteiger partial charge is 0.307 e. The first-order valence-electron chi connectivity index (χ1n) is 3.68. The van der Waals surface area contributed by atoms with Gasteiger partial charge in [0.25, 0.3) is 0 Å². The molecule has 70 valence electrons. The largest absolute Gasteiger partial charge is 0.333 e. The monoisotopic (exact) mass is 199 g/mol. The van der Waals surface area contributed by atoms with Gasteiger partial charge in [-0.15, -0.1) is 0 Å². The van der Waals surface area contributed by atoms with Gasteiger partial charge in [-0.05, 0) is 24.6 Å². The molecule has 4 N–H and O–H groups in total. The quantitative estimate of drug-likeness (QED) is 0.366. The van der Waals surface area contributed by atoms with E-state index in [0.717, 1.165) is 5.56 Å². The molecule has 1 rings (SSSR count). The number of halogens is 1. The minimum Gasteiger partial charge on any atom is -0.307 e. The molecule has 0 saturated heterocycles. The summed E-state index contributed by atoms with van der Waals surface area (Å²) in [5, 5.41) is 3.15. The van der Waals surface area contributed by atoms with E-state index >= 15 is 0 Å². The molecule has 0 bridgehead atoms. The van der Waals surface area contributed by atoms with Gasteiger partial charge in [-0.2, -0.15) is 0 Å². The number of anilines is 1. The second-order valence-electron chi connectivity index (χ2n) is 2.51. The Bertz CT molecular complexity index is 327. The summed E-state index contributed by atoms with van der Waals surface area (Å²) in [4.78, 5) is 10.9. The second kappa shape index (κ2) is 4.11. The van der Waals surface area contributed by atoms with Crippen molar-refractivity contribution in [2.24, 2.45) is 5.84 Å². The standard InChI is InChI=1S/C8H10ClN3O/c1-5-6(9)3-2-4-7(5)11-8(13)12-10/h2-4H,10H2,1H3,(H2,11,12,13). The normalized spacial score (nSPS) is 9.46. The Kier molecular flexibility index (Phi) is 3.11. The molecule has 13 heavy (non-hydrogen) atoms. The molecular formula is C8H10ClN3O. The summed E-state index contributed by atoms with van der Waals surface area (Å²) in [5.41, 5.74) is 3.43.